The third-order valence-corrected chi connectivity index (χ3v) is 0.201. The summed E-state index contributed by atoms with van der Waals surface area (Å²) in [5.41, 5.74) is 15.5. The normalized spacial score (nSPS) is 5.00. The molecule has 0 aromatic carbocycles. The first-order valence-corrected chi connectivity index (χ1v) is 1.64. The molecule has 0 spiro atoms. The number of nitrogens with two attached hydrogens (primary N) is 1. The van der Waals surface area contributed by atoms with E-state index in [0.717, 1.165) is 6.08 Å². The highest BCUT2D eigenvalue weighted by Crippen LogP contribution is 1.48. The van der Waals surface area contributed by atoms with Crippen LogP contribution in [-0.4, -0.2) is 5.91 Å². The fourth-order valence-electron chi connectivity index (χ4n) is 0. The summed E-state index contributed by atoms with van der Waals surface area (Å²) in [6.07, 6.45) is 1.06. The van der Waals surface area contributed by atoms with Gasteiger partial charge in [-0.2, -0.15) is 0 Å². The molecule has 8 heavy (non-hydrogen) atoms. The summed E-state index contributed by atoms with van der Waals surface area (Å²) in [6, 6.07) is 0. The van der Waals surface area contributed by atoms with Crippen LogP contribution in [-0.2, 0) is 4.79 Å². The Morgan fingerprint density at radius 1 is 1.75 bits per heavy atom. The van der Waals surface area contributed by atoms with Gasteiger partial charge >= 0.3 is 0 Å². The number of nitrogens with zero attached hydrogens (tertiary/aromatic N) is 1. The van der Waals surface area contributed by atoms with Gasteiger partial charge < -0.3 is 5.73 Å². The molecule has 0 fully saturated rings. The average molecular weight is 115 g/mol. The highest BCUT2D eigenvalue weighted by Gasteiger charge is 1.69. The second-order valence-electron chi connectivity index (χ2n) is 0.718. The largest absolute Gasteiger partial charge is 0.366 e. The van der Waals surface area contributed by atoms with Gasteiger partial charge in [-0.25, -0.2) is 0 Å². The molecule has 44 valence electrons. The van der Waals surface area contributed by atoms with E-state index in [9.17, 15) is 4.79 Å². The van der Waals surface area contributed by atoms with Crippen molar-refractivity contribution in [2.24, 2.45) is 5.73 Å². The Kier molecular flexibility index (Phi) is 11.1. The molecular weight excluding hydrogens is 108 g/mol. The minimum Gasteiger partial charge on any atom is -0.366 e. The molecule has 0 bridgehead atoms. The molecule has 0 heterocycles. The predicted octanol–water partition coefficient (Wildman–Crippen LogP) is -0.227. The number of hydrogen-bond donors (Lipinski definition) is 3. The van der Waals surface area contributed by atoms with Crippen molar-refractivity contribution in [3.05, 3.63) is 12.7 Å². The van der Waals surface area contributed by atoms with Crippen LogP contribution in [0.2, 0.25) is 0 Å². The molecule has 0 aromatic heterocycles. The molecule has 0 radical (unpaired) electrons. The highest BCUT2D eigenvalue weighted by molar-refractivity contribution is 5.84. The van der Waals surface area contributed by atoms with Gasteiger partial charge in [0.2, 0.25) is 10.8 Å². The molecule has 0 saturated heterocycles. The minimum absolute atomic E-state index is 0.481. The third kappa shape index (κ3) is 207. The van der Waals surface area contributed by atoms with Gasteiger partial charge in [0.15, 0.2) is 0 Å². The molecule has 0 aliphatic rings. The number of carbonyl (C=O) groups excluding carboxylic acids is 1. The first-order chi connectivity index (χ1) is 3.68. The highest BCUT2D eigenvalue weighted by atomic mass is 16.1. The monoisotopic (exact) mass is 115 g/mol. The van der Waals surface area contributed by atoms with E-state index < -0.39 is 5.91 Å². The smallest absolute Gasteiger partial charge is 0.240 e. The second kappa shape index (κ2) is 9.10. The fraction of sp³-hybridized carbons (Fsp3) is 0. The molecule has 0 rings (SSSR count). The Hall–Kier alpha value is -1.48. The zero-order chi connectivity index (χ0) is 6.99. The Morgan fingerprint density at radius 3 is 1.88 bits per heavy atom. The van der Waals surface area contributed by atoms with Gasteiger partial charge in [-0.05, 0) is 6.08 Å². The van der Waals surface area contributed by atoms with Crippen molar-refractivity contribution in [3.63, 3.8) is 0 Å². The van der Waals surface area contributed by atoms with E-state index in [-0.39, 0.29) is 0 Å². The van der Waals surface area contributed by atoms with Crippen molar-refractivity contribution >= 4 is 5.91 Å². The summed E-state index contributed by atoms with van der Waals surface area (Å²) in [5, 5.41) is 0. The van der Waals surface area contributed by atoms with Crippen LogP contribution in [0, 0.1) is 11.1 Å². The van der Waals surface area contributed by atoms with E-state index in [0.29, 0.717) is 0 Å². The first kappa shape index (κ1) is 9.72. The van der Waals surface area contributed by atoms with Crippen LogP contribution in [0.25, 0.3) is 0 Å². The molecule has 4 N–H and O–H groups in total. The lowest BCUT2D eigenvalue weighted by Gasteiger charge is -1.65. The number of nitrogens with one attached hydrogen (secondary N) is 2. The van der Waals surface area contributed by atoms with E-state index in [1.165, 1.54) is 0 Å². The quantitative estimate of drug-likeness (QED) is 0.245. The summed E-state index contributed by atoms with van der Waals surface area (Å²) >= 11 is 0. The Labute approximate surface area is 46.2 Å². The summed E-state index contributed by atoms with van der Waals surface area (Å²) < 4.78 is 0. The maximum atomic E-state index is 9.47. The zero-order valence-corrected chi connectivity index (χ0v) is 4.22. The number of rotatable bonds is 1. The maximum absolute atomic E-state index is 9.47. The molecule has 0 saturated carbocycles. The van der Waals surface area contributed by atoms with Crippen molar-refractivity contribution in [1.29, 1.82) is 11.1 Å². The van der Waals surface area contributed by atoms with Crippen LogP contribution in [0.15, 0.2) is 12.7 Å². The van der Waals surface area contributed by atoms with Crippen molar-refractivity contribution in [3.8, 4) is 0 Å². The summed E-state index contributed by atoms with van der Waals surface area (Å²) in [7, 11) is 0. The fourth-order valence-corrected chi connectivity index (χ4v) is 0. The van der Waals surface area contributed by atoms with Gasteiger partial charge in [0.25, 0.3) is 0 Å². The Balaban J connectivity index is 0. The predicted molar refractivity (Wildman–Crippen MR) is 27.0 cm³/mol. The lowest BCUT2D eigenvalue weighted by atomic mass is 10.6. The van der Waals surface area contributed by atoms with Gasteiger partial charge in [0.1, 0.15) is 11.1 Å². The molecule has 0 aromatic rings. The molecule has 0 aliphatic carbocycles. The minimum atomic E-state index is -0.481. The molecule has 0 aliphatic heterocycles. The van der Waals surface area contributed by atoms with Crippen molar-refractivity contribution in [1.82, 2.24) is 4.91 Å². The maximum Gasteiger partial charge on any atom is 0.240 e. The van der Waals surface area contributed by atoms with Crippen LogP contribution in [0.1, 0.15) is 0 Å². The van der Waals surface area contributed by atoms with E-state index in [1.54, 1.807) is 0 Å². The van der Waals surface area contributed by atoms with Gasteiger partial charge in [0, 0.05) is 0 Å². The van der Waals surface area contributed by atoms with Crippen LogP contribution in [0.4, 0.5) is 0 Å². The third-order valence-electron chi connectivity index (χ3n) is 0.201. The molecule has 0 unspecified atom stereocenters. The number of hydrogen-bond acceptors (Lipinski definition) is 3. The van der Waals surface area contributed by atoms with Crippen molar-refractivity contribution in [2.45, 2.75) is 0 Å². The molecule has 0 atom stereocenters. The van der Waals surface area contributed by atoms with E-state index in [1.807, 2.05) is 4.91 Å². The zero-order valence-electron chi connectivity index (χ0n) is 4.22. The number of carbonyl (C=O) groups is 1. The van der Waals surface area contributed by atoms with Gasteiger partial charge in [0.05, 0.1) is 0 Å². The van der Waals surface area contributed by atoms with Crippen LogP contribution in [0.3, 0.4) is 0 Å². The SMILES string of the molecule is C=CC(N)=O.N=[N+]=N. The number of primary amides is 1. The lowest BCUT2D eigenvalue weighted by Crippen LogP contribution is -2.04. The molecule has 5 heteroatoms. The van der Waals surface area contributed by atoms with Crippen molar-refractivity contribution in [2.75, 3.05) is 0 Å². The first-order valence-electron chi connectivity index (χ1n) is 1.64. The van der Waals surface area contributed by atoms with Crippen LogP contribution >= 0.6 is 0 Å². The van der Waals surface area contributed by atoms with Gasteiger partial charge in [-0.15, -0.1) is 0 Å². The van der Waals surface area contributed by atoms with Gasteiger partial charge in [-0.3, -0.25) is 4.79 Å². The van der Waals surface area contributed by atoms with E-state index in [2.05, 4.69) is 12.3 Å². The molecule has 1 amide bonds. The van der Waals surface area contributed by atoms with Crippen LogP contribution < -0.4 is 10.6 Å². The van der Waals surface area contributed by atoms with E-state index in [4.69, 9.17) is 11.1 Å². The summed E-state index contributed by atoms with van der Waals surface area (Å²) in [4.78, 5) is 11.5. The summed E-state index contributed by atoms with van der Waals surface area (Å²) in [5.74, 6) is -0.481. The lowest BCUT2D eigenvalue weighted by molar-refractivity contribution is -0.113. The summed E-state index contributed by atoms with van der Waals surface area (Å²) in [6.45, 7) is 3.09. The Bertz CT molecular complexity index is 112. The molecular formula is C3H7N4O+. The Morgan fingerprint density at radius 2 is 1.88 bits per heavy atom. The second-order valence-corrected chi connectivity index (χ2v) is 0.718. The standard InChI is InChI=1S/C3H5NO.H2N3/c1-2-3(4)5;1-3-2/h2H,1H2,(H2,4,5);1-2H/q;+1. The average Bonchev–Trinajstić information content (AvgIpc) is 1.69. The number of amides is 1. The van der Waals surface area contributed by atoms with Crippen molar-refractivity contribution < 1.29 is 4.79 Å². The topological polar surface area (TPSA) is 105 Å². The van der Waals surface area contributed by atoms with E-state index >= 15 is 0 Å². The van der Waals surface area contributed by atoms with Crippen LogP contribution in [0.5, 0.6) is 0 Å². The van der Waals surface area contributed by atoms with Gasteiger partial charge in [-0.1, -0.05) is 6.58 Å². The molecule has 5 nitrogen and oxygen atoms in total.